The summed E-state index contributed by atoms with van der Waals surface area (Å²) in [4.78, 5) is 2.24. The van der Waals surface area contributed by atoms with Crippen LogP contribution >= 0.6 is 0 Å². The van der Waals surface area contributed by atoms with E-state index >= 15 is 0 Å². The van der Waals surface area contributed by atoms with Crippen molar-refractivity contribution in [3.05, 3.63) is 29.7 Å². The van der Waals surface area contributed by atoms with Gasteiger partial charge < -0.3 is 14.2 Å². The maximum Gasteiger partial charge on any atom is 0.142 e. The van der Waals surface area contributed by atoms with Crippen LogP contribution in [0.15, 0.2) is 16.9 Å². The minimum atomic E-state index is -0.768. The smallest absolute Gasteiger partial charge is 0.142 e. The summed E-state index contributed by atoms with van der Waals surface area (Å²) in [5.41, 5.74) is 0.108. The molecule has 0 bridgehead atoms. The van der Waals surface area contributed by atoms with Gasteiger partial charge in [-0.25, -0.2) is 0 Å². The van der Waals surface area contributed by atoms with Crippen LogP contribution in [0.3, 0.4) is 0 Å². The van der Waals surface area contributed by atoms with Gasteiger partial charge in [-0.1, -0.05) is 25.9 Å². The molecule has 0 radical (unpaired) electrons. The van der Waals surface area contributed by atoms with Gasteiger partial charge in [0.2, 0.25) is 0 Å². The van der Waals surface area contributed by atoms with E-state index in [4.69, 9.17) is 4.52 Å². The van der Waals surface area contributed by atoms with Crippen molar-refractivity contribution in [2.75, 3.05) is 13.1 Å². The SMILES string of the molecule is Cn1cnnc1CC1(O)CCCN(Cc2cc(C(C)(C)C)on2)C1. The van der Waals surface area contributed by atoms with Gasteiger partial charge in [-0.2, -0.15) is 0 Å². The summed E-state index contributed by atoms with van der Waals surface area (Å²) in [5.74, 6) is 1.71. The molecule has 1 N–H and O–H groups in total. The second kappa shape index (κ2) is 6.29. The van der Waals surface area contributed by atoms with E-state index in [1.54, 1.807) is 6.33 Å². The Balaban J connectivity index is 1.65. The lowest BCUT2D eigenvalue weighted by Gasteiger charge is -2.38. The molecule has 1 aliphatic heterocycles. The van der Waals surface area contributed by atoms with Gasteiger partial charge in [0.1, 0.15) is 17.9 Å². The van der Waals surface area contributed by atoms with Crippen LogP contribution < -0.4 is 0 Å². The molecule has 2 aromatic rings. The van der Waals surface area contributed by atoms with E-state index in [9.17, 15) is 5.11 Å². The normalized spacial score (nSPS) is 22.9. The van der Waals surface area contributed by atoms with Crippen molar-refractivity contribution >= 4 is 0 Å². The molecule has 0 saturated carbocycles. The Morgan fingerprint density at radius 1 is 1.38 bits per heavy atom. The highest BCUT2D eigenvalue weighted by molar-refractivity contribution is 5.13. The molecule has 7 heteroatoms. The second-order valence-corrected chi connectivity index (χ2v) is 8.01. The Hall–Kier alpha value is -1.73. The summed E-state index contributed by atoms with van der Waals surface area (Å²) >= 11 is 0. The first kappa shape index (κ1) is 17.1. The predicted octanol–water partition coefficient (Wildman–Crippen LogP) is 1.67. The van der Waals surface area contributed by atoms with Crippen LogP contribution in [-0.4, -0.2) is 48.6 Å². The highest BCUT2D eigenvalue weighted by Gasteiger charge is 2.35. The van der Waals surface area contributed by atoms with Crippen molar-refractivity contribution in [3.8, 4) is 0 Å². The van der Waals surface area contributed by atoms with Crippen molar-refractivity contribution in [2.45, 2.75) is 57.6 Å². The van der Waals surface area contributed by atoms with Crippen LogP contribution in [0.25, 0.3) is 0 Å². The molecule has 24 heavy (non-hydrogen) atoms. The van der Waals surface area contributed by atoms with E-state index in [2.05, 4.69) is 41.0 Å². The van der Waals surface area contributed by atoms with Crippen LogP contribution in [0.1, 0.15) is 50.9 Å². The third kappa shape index (κ3) is 3.84. The summed E-state index contributed by atoms with van der Waals surface area (Å²) in [6.45, 7) is 8.59. The average Bonchev–Trinajstić information content (AvgIpc) is 3.08. The topological polar surface area (TPSA) is 80.2 Å². The van der Waals surface area contributed by atoms with E-state index in [1.807, 2.05) is 17.7 Å². The van der Waals surface area contributed by atoms with Crippen molar-refractivity contribution in [1.29, 1.82) is 0 Å². The monoisotopic (exact) mass is 333 g/mol. The summed E-state index contributed by atoms with van der Waals surface area (Å²) in [6.07, 6.45) is 3.93. The number of β-amino-alcohol motifs (C(OH)–C–C–N with tert-alkyl or cyclic N) is 1. The number of hydrogen-bond donors (Lipinski definition) is 1. The number of aryl methyl sites for hydroxylation is 1. The summed E-state index contributed by atoms with van der Waals surface area (Å²) in [7, 11) is 1.91. The molecule has 0 aromatic carbocycles. The van der Waals surface area contributed by atoms with Crippen molar-refractivity contribution in [1.82, 2.24) is 24.8 Å². The molecule has 3 rings (SSSR count). The molecule has 0 spiro atoms. The minimum absolute atomic E-state index is 0.0426. The lowest BCUT2D eigenvalue weighted by molar-refractivity contribution is -0.0349. The summed E-state index contributed by atoms with van der Waals surface area (Å²) < 4.78 is 7.33. The van der Waals surface area contributed by atoms with Gasteiger partial charge in [0.15, 0.2) is 0 Å². The van der Waals surface area contributed by atoms with E-state index in [0.29, 0.717) is 19.5 Å². The van der Waals surface area contributed by atoms with Crippen molar-refractivity contribution in [3.63, 3.8) is 0 Å². The highest BCUT2D eigenvalue weighted by atomic mass is 16.5. The Labute approximate surface area is 142 Å². The number of aliphatic hydroxyl groups is 1. The molecule has 0 amide bonds. The van der Waals surface area contributed by atoms with E-state index < -0.39 is 5.60 Å². The summed E-state index contributed by atoms with van der Waals surface area (Å²) in [6, 6.07) is 2.02. The van der Waals surface area contributed by atoms with Gasteiger partial charge in [0.25, 0.3) is 0 Å². The number of aromatic nitrogens is 4. The minimum Gasteiger partial charge on any atom is -0.388 e. The van der Waals surface area contributed by atoms with Crippen LogP contribution in [0, 0.1) is 0 Å². The molecule has 1 aliphatic rings. The Morgan fingerprint density at radius 3 is 2.79 bits per heavy atom. The third-order valence-corrected chi connectivity index (χ3v) is 4.61. The van der Waals surface area contributed by atoms with Gasteiger partial charge >= 0.3 is 0 Å². The van der Waals surface area contributed by atoms with Crippen molar-refractivity contribution < 1.29 is 9.63 Å². The number of piperidine rings is 1. The van der Waals surface area contributed by atoms with Crippen molar-refractivity contribution in [2.24, 2.45) is 7.05 Å². The van der Waals surface area contributed by atoms with Gasteiger partial charge in [0.05, 0.1) is 11.3 Å². The molecule has 3 heterocycles. The Kier molecular flexibility index (Phi) is 4.48. The summed E-state index contributed by atoms with van der Waals surface area (Å²) in [5, 5.41) is 23.2. The van der Waals surface area contributed by atoms with Crippen LogP contribution in [0.2, 0.25) is 0 Å². The first-order chi connectivity index (χ1) is 11.3. The van der Waals surface area contributed by atoms with E-state index in [1.165, 1.54) is 0 Å². The molecule has 1 fully saturated rings. The first-order valence-electron chi connectivity index (χ1n) is 8.49. The van der Waals surface area contributed by atoms with Gasteiger partial charge in [0, 0.05) is 38.0 Å². The Bertz CT molecular complexity index is 687. The molecule has 2 aromatic heterocycles. The highest BCUT2D eigenvalue weighted by Crippen LogP contribution is 2.27. The largest absolute Gasteiger partial charge is 0.388 e. The maximum absolute atomic E-state index is 11.0. The lowest BCUT2D eigenvalue weighted by Crippen LogP contribution is -2.49. The molecular weight excluding hydrogens is 306 g/mol. The van der Waals surface area contributed by atoms with Gasteiger partial charge in [-0.3, -0.25) is 4.90 Å². The standard InChI is InChI=1S/C17H27N5O2/c1-16(2,3)14-8-13(20-24-14)10-22-7-5-6-17(23,11-22)9-15-19-18-12-21(15)4/h8,12,23H,5-7,9-11H2,1-4H3. The first-order valence-corrected chi connectivity index (χ1v) is 8.49. The number of hydrogen-bond acceptors (Lipinski definition) is 6. The quantitative estimate of drug-likeness (QED) is 0.917. The van der Waals surface area contributed by atoms with Gasteiger partial charge in [-0.05, 0) is 19.4 Å². The zero-order chi connectivity index (χ0) is 17.4. The van der Waals surface area contributed by atoms with E-state index in [0.717, 1.165) is 36.7 Å². The zero-order valence-corrected chi connectivity index (χ0v) is 15.0. The Morgan fingerprint density at radius 2 is 2.17 bits per heavy atom. The molecule has 1 saturated heterocycles. The molecule has 132 valence electrons. The van der Waals surface area contributed by atoms with Crippen LogP contribution in [-0.2, 0) is 25.4 Å². The second-order valence-electron chi connectivity index (χ2n) is 8.01. The average molecular weight is 333 g/mol. The molecule has 7 nitrogen and oxygen atoms in total. The molecule has 0 aliphatic carbocycles. The fourth-order valence-electron chi connectivity index (χ4n) is 3.22. The molecule has 1 unspecified atom stereocenters. The fraction of sp³-hybridized carbons (Fsp3) is 0.706. The zero-order valence-electron chi connectivity index (χ0n) is 15.0. The lowest BCUT2D eigenvalue weighted by atomic mass is 9.89. The number of likely N-dealkylation sites (tertiary alicyclic amines) is 1. The molecule has 1 atom stereocenters. The number of nitrogens with zero attached hydrogens (tertiary/aromatic N) is 5. The molecular formula is C17H27N5O2. The van der Waals surface area contributed by atoms with Crippen LogP contribution in [0.5, 0.6) is 0 Å². The van der Waals surface area contributed by atoms with Gasteiger partial charge in [-0.15, -0.1) is 10.2 Å². The van der Waals surface area contributed by atoms with Crippen LogP contribution in [0.4, 0.5) is 0 Å². The predicted molar refractivity (Wildman–Crippen MR) is 89.4 cm³/mol. The maximum atomic E-state index is 11.0. The fourth-order valence-corrected chi connectivity index (χ4v) is 3.22. The van der Waals surface area contributed by atoms with E-state index in [-0.39, 0.29) is 5.41 Å². The number of rotatable bonds is 4. The third-order valence-electron chi connectivity index (χ3n) is 4.61.